The molecule has 3 heterocycles. The number of para-hydroxylation sites is 1. The van der Waals surface area contributed by atoms with Crippen LogP contribution in [0.2, 0.25) is 0 Å². The molecule has 0 saturated carbocycles. The van der Waals surface area contributed by atoms with Gasteiger partial charge >= 0.3 is 0 Å². The highest BCUT2D eigenvalue weighted by Gasteiger charge is 2.65. The summed E-state index contributed by atoms with van der Waals surface area (Å²) >= 11 is 0. The number of nitrogens with zero attached hydrogens (tertiary/aromatic N) is 2. The Balaban J connectivity index is 1.40. The van der Waals surface area contributed by atoms with Gasteiger partial charge in [0.05, 0.1) is 38.1 Å². The Morgan fingerprint density at radius 1 is 1.35 bits per heavy atom. The van der Waals surface area contributed by atoms with Crippen LogP contribution in [0.15, 0.2) is 30.3 Å². The van der Waals surface area contributed by atoms with Crippen molar-refractivity contribution in [3.05, 3.63) is 30.3 Å². The smallest absolute Gasteiger partial charge is 0.227 e. The highest BCUT2D eigenvalue weighted by atomic mass is 16.5. The van der Waals surface area contributed by atoms with E-state index in [1.165, 1.54) is 0 Å². The molecule has 140 valence electrons. The maximum Gasteiger partial charge on any atom is 0.227 e. The highest BCUT2D eigenvalue weighted by Crippen LogP contribution is 2.48. The summed E-state index contributed by atoms with van der Waals surface area (Å²) in [7, 11) is 0. The van der Waals surface area contributed by atoms with Crippen LogP contribution in [-0.2, 0) is 14.3 Å². The number of carbonyl (C=O) groups excluding carboxylic acids is 2. The van der Waals surface area contributed by atoms with E-state index in [1.807, 2.05) is 40.1 Å². The van der Waals surface area contributed by atoms with E-state index in [-0.39, 0.29) is 23.9 Å². The minimum absolute atomic E-state index is 0.0362. The number of rotatable bonds is 5. The summed E-state index contributed by atoms with van der Waals surface area (Å²) in [5.74, 6) is 1.26. The molecule has 1 aromatic rings. The van der Waals surface area contributed by atoms with E-state index >= 15 is 0 Å². The molecular weight excluding hydrogens is 332 g/mol. The summed E-state index contributed by atoms with van der Waals surface area (Å²) in [4.78, 5) is 29.2. The van der Waals surface area contributed by atoms with Crippen molar-refractivity contribution in [1.29, 1.82) is 0 Å². The van der Waals surface area contributed by atoms with Gasteiger partial charge in [0, 0.05) is 13.0 Å². The van der Waals surface area contributed by atoms with Gasteiger partial charge in [-0.05, 0) is 18.1 Å². The van der Waals surface area contributed by atoms with Gasteiger partial charge in [-0.25, -0.2) is 0 Å². The van der Waals surface area contributed by atoms with Crippen LogP contribution in [0.1, 0.15) is 33.1 Å². The summed E-state index contributed by atoms with van der Waals surface area (Å²) in [6, 6.07) is 9.44. The third kappa shape index (κ3) is 2.67. The van der Waals surface area contributed by atoms with E-state index in [0.717, 1.165) is 5.75 Å². The molecule has 1 spiro atoms. The van der Waals surface area contributed by atoms with Crippen LogP contribution in [0, 0.1) is 5.92 Å². The molecule has 26 heavy (non-hydrogen) atoms. The fraction of sp³-hybridized carbons (Fsp3) is 0.600. The van der Waals surface area contributed by atoms with Crippen molar-refractivity contribution in [1.82, 2.24) is 9.80 Å². The Kier molecular flexibility index (Phi) is 4.39. The molecule has 4 rings (SSSR count). The number of hydrogen-bond donors (Lipinski definition) is 0. The lowest BCUT2D eigenvalue weighted by molar-refractivity contribution is -0.142. The van der Waals surface area contributed by atoms with Crippen molar-refractivity contribution in [2.75, 3.05) is 19.8 Å². The Hall–Kier alpha value is -2.08. The molecule has 3 aliphatic heterocycles. The summed E-state index contributed by atoms with van der Waals surface area (Å²) in [5.41, 5.74) is -0.595. The fourth-order valence-corrected chi connectivity index (χ4v) is 4.59. The molecule has 3 saturated heterocycles. The molecule has 1 aromatic carbocycles. The summed E-state index contributed by atoms with van der Waals surface area (Å²) in [5, 5.41) is 0. The maximum absolute atomic E-state index is 12.7. The minimum Gasteiger partial charge on any atom is -0.493 e. The van der Waals surface area contributed by atoms with Crippen LogP contribution in [0.25, 0.3) is 0 Å². The molecule has 0 aliphatic carbocycles. The van der Waals surface area contributed by atoms with Gasteiger partial charge in [-0.1, -0.05) is 32.0 Å². The second-order valence-electron chi connectivity index (χ2n) is 7.70. The number of hydrogen-bond acceptors (Lipinski definition) is 4. The van der Waals surface area contributed by atoms with Crippen LogP contribution in [0.3, 0.4) is 0 Å². The van der Waals surface area contributed by atoms with Gasteiger partial charge in [-0.2, -0.15) is 0 Å². The topological polar surface area (TPSA) is 59.1 Å². The minimum atomic E-state index is -0.595. The summed E-state index contributed by atoms with van der Waals surface area (Å²) in [6.07, 6.45) is 1.38. The number of likely N-dealkylation sites (tertiary alicyclic amines) is 1. The monoisotopic (exact) mass is 358 g/mol. The molecule has 0 radical (unpaired) electrons. The fourth-order valence-electron chi connectivity index (χ4n) is 4.59. The van der Waals surface area contributed by atoms with Crippen LogP contribution in [0.4, 0.5) is 0 Å². The number of benzene rings is 1. The number of ether oxygens (including phenoxy) is 2. The van der Waals surface area contributed by atoms with E-state index in [1.54, 1.807) is 0 Å². The van der Waals surface area contributed by atoms with Gasteiger partial charge in [-0.3, -0.25) is 9.59 Å². The maximum atomic E-state index is 12.7. The lowest BCUT2D eigenvalue weighted by atomic mass is 10.0. The zero-order chi connectivity index (χ0) is 18.3. The Morgan fingerprint density at radius 3 is 2.85 bits per heavy atom. The van der Waals surface area contributed by atoms with Gasteiger partial charge in [-0.15, -0.1) is 0 Å². The van der Waals surface area contributed by atoms with Gasteiger partial charge in [0.25, 0.3) is 0 Å². The lowest BCUT2D eigenvalue weighted by Crippen LogP contribution is -2.51. The second kappa shape index (κ2) is 6.58. The number of carbonyl (C=O) groups is 2. The predicted molar refractivity (Wildman–Crippen MR) is 95.4 cm³/mol. The van der Waals surface area contributed by atoms with E-state index in [2.05, 4.69) is 13.8 Å². The first-order chi connectivity index (χ1) is 12.5. The van der Waals surface area contributed by atoms with Crippen molar-refractivity contribution < 1.29 is 19.1 Å². The largest absolute Gasteiger partial charge is 0.493 e. The molecule has 0 bridgehead atoms. The van der Waals surface area contributed by atoms with Crippen LogP contribution in [-0.4, -0.2) is 59.2 Å². The lowest BCUT2D eigenvalue weighted by Gasteiger charge is -2.34. The molecule has 6 heteroatoms. The molecule has 3 aliphatic rings. The third-order valence-corrected chi connectivity index (χ3v) is 5.91. The Labute approximate surface area is 154 Å². The van der Waals surface area contributed by atoms with E-state index in [4.69, 9.17) is 9.47 Å². The Bertz CT molecular complexity index is 692. The van der Waals surface area contributed by atoms with Crippen LogP contribution in [0.5, 0.6) is 5.75 Å². The quantitative estimate of drug-likeness (QED) is 0.808. The van der Waals surface area contributed by atoms with E-state index in [9.17, 15) is 9.59 Å². The zero-order valence-corrected chi connectivity index (χ0v) is 15.4. The third-order valence-electron chi connectivity index (χ3n) is 5.91. The van der Waals surface area contributed by atoms with Gasteiger partial charge in [0.1, 0.15) is 5.75 Å². The number of amides is 2. The zero-order valence-electron chi connectivity index (χ0n) is 15.4. The first-order valence-electron chi connectivity index (χ1n) is 9.46. The van der Waals surface area contributed by atoms with Crippen LogP contribution < -0.4 is 4.74 Å². The summed E-state index contributed by atoms with van der Waals surface area (Å²) in [6.45, 7) is 5.79. The average Bonchev–Trinajstić information content (AvgIpc) is 3.25. The predicted octanol–water partition coefficient (Wildman–Crippen LogP) is 2.04. The average molecular weight is 358 g/mol. The molecule has 3 atom stereocenters. The van der Waals surface area contributed by atoms with Crippen molar-refractivity contribution in [2.24, 2.45) is 5.92 Å². The van der Waals surface area contributed by atoms with Crippen LogP contribution >= 0.6 is 0 Å². The van der Waals surface area contributed by atoms with Gasteiger partial charge in [0.2, 0.25) is 11.8 Å². The SMILES string of the molecule is CC(C)[C@@H]1CO[C@@]23CCN(C(=O)CCOc4ccccc4)[C@@H]2CC(=O)N13. The molecular formula is C20H26N2O4. The van der Waals surface area contributed by atoms with E-state index < -0.39 is 5.72 Å². The second-order valence-corrected chi connectivity index (χ2v) is 7.70. The molecule has 3 fully saturated rings. The van der Waals surface area contributed by atoms with Crippen molar-refractivity contribution in [3.63, 3.8) is 0 Å². The first kappa shape index (κ1) is 17.3. The molecule has 0 unspecified atom stereocenters. The standard InChI is InChI=1S/C20H26N2O4/c1-14(2)16-13-26-20-9-10-21(17(20)12-19(24)22(16)20)18(23)8-11-25-15-6-4-3-5-7-15/h3-7,14,16-17H,8-13H2,1-2H3/t16-,17+,20-/m0/s1. The van der Waals surface area contributed by atoms with Gasteiger partial charge < -0.3 is 19.3 Å². The van der Waals surface area contributed by atoms with Crippen molar-refractivity contribution in [3.8, 4) is 5.75 Å². The molecule has 0 N–H and O–H groups in total. The first-order valence-corrected chi connectivity index (χ1v) is 9.46. The van der Waals surface area contributed by atoms with E-state index in [0.29, 0.717) is 44.9 Å². The summed E-state index contributed by atoms with van der Waals surface area (Å²) < 4.78 is 11.8. The molecule has 2 amide bonds. The normalized spacial score (nSPS) is 30.0. The van der Waals surface area contributed by atoms with Crippen molar-refractivity contribution in [2.45, 2.75) is 50.9 Å². The molecule has 6 nitrogen and oxygen atoms in total. The molecule has 0 aromatic heterocycles. The van der Waals surface area contributed by atoms with Gasteiger partial charge in [0.15, 0.2) is 5.72 Å². The highest BCUT2D eigenvalue weighted by molar-refractivity contribution is 5.85. The Morgan fingerprint density at radius 2 is 2.12 bits per heavy atom. The van der Waals surface area contributed by atoms with Crippen molar-refractivity contribution >= 4 is 11.8 Å².